The SMILES string of the molecule is CC(C)C1CCCC(Nc2ccc(Cl)cc2Cl)C1. The van der Waals surface area contributed by atoms with E-state index < -0.39 is 0 Å². The molecule has 0 heterocycles. The van der Waals surface area contributed by atoms with Crippen LogP contribution < -0.4 is 5.32 Å². The molecular formula is C15H21Cl2N. The van der Waals surface area contributed by atoms with E-state index in [-0.39, 0.29) is 0 Å². The van der Waals surface area contributed by atoms with Gasteiger partial charge in [0, 0.05) is 11.1 Å². The maximum Gasteiger partial charge on any atom is 0.0652 e. The Bertz CT molecular complexity index is 403. The minimum absolute atomic E-state index is 0.546. The van der Waals surface area contributed by atoms with Crippen molar-refractivity contribution in [1.82, 2.24) is 0 Å². The highest BCUT2D eigenvalue weighted by Crippen LogP contribution is 2.33. The third-order valence-electron chi connectivity index (χ3n) is 3.95. The van der Waals surface area contributed by atoms with Gasteiger partial charge in [-0.05, 0) is 42.9 Å². The second kappa shape index (κ2) is 6.16. The fourth-order valence-electron chi connectivity index (χ4n) is 2.79. The minimum atomic E-state index is 0.546. The predicted molar refractivity (Wildman–Crippen MR) is 80.7 cm³/mol. The Morgan fingerprint density at radius 3 is 2.67 bits per heavy atom. The summed E-state index contributed by atoms with van der Waals surface area (Å²) in [5.74, 6) is 1.61. The molecule has 2 atom stereocenters. The molecule has 2 rings (SSSR count). The van der Waals surface area contributed by atoms with Crippen molar-refractivity contribution in [3.63, 3.8) is 0 Å². The normalized spacial score (nSPS) is 24.3. The molecule has 0 aliphatic heterocycles. The van der Waals surface area contributed by atoms with Crippen LogP contribution in [0.2, 0.25) is 10.0 Å². The molecule has 0 amide bonds. The first-order chi connectivity index (χ1) is 8.56. The molecule has 1 aliphatic rings. The van der Waals surface area contributed by atoms with Crippen molar-refractivity contribution in [3.05, 3.63) is 28.2 Å². The topological polar surface area (TPSA) is 12.0 Å². The average molecular weight is 286 g/mol. The lowest BCUT2D eigenvalue weighted by Gasteiger charge is -2.32. The molecular weight excluding hydrogens is 265 g/mol. The highest BCUT2D eigenvalue weighted by atomic mass is 35.5. The number of anilines is 1. The molecule has 1 aromatic rings. The Hall–Kier alpha value is -0.400. The molecule has 100 valence electrons. The Balaban J connectivity index is 2.00. The van der Waals surface area contributed by atoms with Gasteiger partial charge in [0.15, 0.2) is 0 Å². The lowest BCUT2D eigenvalue weighted by molar-refractivity contribution is 0.264. The number of hydrogen-bond acceptors (Lipinski definition) is 1. The zero-order chi connectivity index (χ0) is 13.1. The van der Waals surface area contributed by atoms with Gasteiger partial charge in [-0.1, -0.05) is 49.9 Å². The fourth-order valence-corrected chi connectivity index (χ4v) is 3.25. The first-order valence-electron chi connectivity index (χ1n) is 6.78. The van der Waals surface area contributed by atoms with Gasteiger partial charge in [-0.15, -0.1) is 0 Å². The van der Waals surface area contributed by atoms with Gasteiger partial charge in [-0.3, -0.25) is 0 Å². The number of nitrogens with one attached hydrogen (secondary N) is 1. The molecule has 18 heavy (non-hydrogen) atoms. The Kier molecular flexibility index (Phi) is 4.80. The van der Waals surface area contributed by atoms with Crippen molar-refractivity contribution in [2.75, 3.05) is 5.32 Å². The van der Waals surface area contributed by atoms with Gasteiger partial charge >= 0.3 is 0 Å². The zero-order valence-electron chi connectivity index (χ0n) is 11.0. The van der Waals surface area contributed by atoms with Gasteiger partial charge in [0.05, 0.1) is 10.7 Å². The summed E-state index contributed by atoms with van der Waals surface area (Å²) in [6, 6.07) is 6.21. The van der Waals surface area contributed by atoms with Crippen LogP contribution in [0.4, 0.5) is 5.69 Å². The summed E-state index contributed by atoms with van der Waals surface area (Å²) in [6.07, 6.45) is 5.16. The van der Waals surface area contributed by atoms with Crippen molar-refractivity contribution in [1.29, 1.82) is 0 Å². The van der Waals surface area contributed by atoms with E-state index in [1.54, 1.807) is 6.07 Å². The lowest BCUT2D eigenvalue weighted by Crippen LogP contribution is -2.29. The van der Waals surface area contributed by atoms with Crippen molar-refractivity contribution in [2.45, 2.75) is 45.6 Å². The molecule has 1 aliphatic carbocycles. The van der Waals surface area contributed by atoms with E-state index in [2.05, 4.69) is 19.2 Å². The van der Waals surface area contributed by atoms with Crippen LogP contribution in [0.25, 0.3) is 0 Å². The van der Waals surface area contributed by atoms with Crippen LogP contribution in [0.5, 0.6) is 0 Å². The Labute approximate surface area is 120 Å². The third kappa shape index (κ3) is 3.55. The molecule has 1 saturated carbocycles. The van der Waals surface area contributed by atoms with Crippen molar-refractivity contribution < 1.29 is 0 Å². The molecule has 2 unspecified atom stereocenters. The summed E-state index contributed by atoms with van der Waals surface area (Å²) >= 11 is 12.1. The first-order valence-corrected chi connectivity index (χ1v) is 7.53. The largest absolute Gasteiger partial charge is 0.381 e. The van der Waals surface area contributed by atoms with E-state index in [1.165, 1.54) is 25.7 Å². The molecule has 3 heteroatoms. The summed E-state index contributed by atoms with van der Waals surface area (Å²) < 4.78 is 0. The smallest absolute Gasteiger partial charge is 0.0652 e. The van der Waals surface area contributed by atoms with E-state index in [9.17, 15) is 0 Å². The average Bonchev–Trinajstić information content (AvgIpc) is 2.33. The number of benzene rings is 1. The number of rotatable bonds is 3. The van der Waals surface area contributed by atoms with Gasteiger partial charge in [0.2, 0.25) is 0 Å². The molecule has 0 aromatic heterocycles. The monoisotopic (exact) mass is 285 g/mol. The van der Waals surface area contributed by atoms with Crippen molar-refractivity contribution in [2.24, 2.45) is 11.8 Å². The van der Waals surface area contributed by atoms with Gasteiger partial charge < -0.3 is 5.32 Å². The number of halogens is 2. The van der Waals surface area contributed by atoms with E-state index in [0.717, 1.165) is 17.5 Å². The molecule has 1 fully saturated rings. The fraction of sp³-hybridized carbons (Fsp3) is 0.600. The van der Waals surface area contributed by atoms with Crippen molar-refractivity contribution >= 4 is 28.9 Å². The Morgan fingerprint density at radius 1 is 1.22 bits per heavy atom. The van der Waals surface area contributed by atoms with Gasteiger partial charge in [0.1, 0.15) is 0 Å². The van der Waals surface area contributed by atoms with Crippen LogP contribution in [0, 0.1) is 11.8 Å². The van der Waals surface area contributed by atoms with Crippen LogP contribution >= 0.6 is 23.2 Å². The van der Waals surface area contributed by atoms with E-state index in [0.29, 0.717) is 16.1 Å². The predicted octanol–water partition coefficient (Wildman–Crippen LogP) is 5.62. The van der Waals surface area contributed by atoms with Crippen LogP contribution in [0.3, 0.4) is 0 Å². The van der Waals surface area contributed by atoms with Crippen molar-refractivity contribution in [3.8, 4) is 0 Å². The molecule has 0 saturated heterocycles. The summed E-state index contributed by atoms with van der Waals surface area (Å²) in [5.41, 5.74) is 1.01. The second-order valence-corrected chi connectivity index (χ2v) is 6.48. The zero-order valence-corrected chi connectivity index (χ0v) is 12.6. The van der Waals surface area contributed by atoms with E-state index in [4.69, 9.17) is 23.2 Å². The first kappa shape index (κ1) is 14.0. The van der Waals surface area contributed by atoms with E-state index >= 15 is 0 Å². The van der Waals surface area contributed by atoms with Crippen LogP contribution in [0.15, 0.2) is 18.2 Å². The summed E-state index contributed by atoms with van der Waals surface area (Å²) in [4.78, 5) is 0. The summed E-state index contributed by atoms with van der Waals surface area (Å²) in [6.45, 7) is 4.64. The van der Waals surface area contributed by atoms with Gasteiger partial charge in [-0.25, -0.2) is 0 Å². The minimum Gasteiger partial charge on any atom is -0.381 e. The Morgan fingerprint density at radius 2 is 2.00 bits per heavy atom. The lowest BCUT2D eigenvalue weighted by atomic mass is 9.79. The highest BCUT2D eigenvalue weighted by molar-refractivity contribution is 6.36. The van der Waals surface area contributed by atoms with Gasteiger partial charge in [-0.2, -0.15) is 0 Å². The quantitative estimate of drug-likeness (QED) is 0.760. The standard InChI is InChI=1S/C15H21Cl2N/c1-10(2)11-4-3-5-13(8-11)18-15-7-6-12(16)9-14(15)17/h6-7,9-11,13,18H,3-5,8H2,1-2H3. The highest BCUT2D eigenvalue weighted by Gasteiger charge is 2.24. The molecule has 1 nitrogen and oxygen atoms in total. The van der Waals surface area contributed by atoms with E-state index in [1.807, 2.05) is 12.1 Å². The molecule has 1 aromatic carbocycles. The summed E-state index contributed by atoms with van der Waals surface area (Å²) in [5, 5.41) is 4.98. The molecule has 0 spiro atoms. The number of hydrogen-bond donors (Lipinski definition) is 1. The molecule has 1 N–H and O–H groups in total. The molecule has 0 radical (unpaired) electrons. The van der Waals surface area contributed by atoms with Crippen LogP contribution in [-0.2, 0) is 0 Å². The van der Waals surface area contributed by atoms with Crippen LogP contribution in [-0.4, -0.2) is 6.04 Å². The molecule has 0 bridgehead atoms. The van der Waals surface area contributed by atoms with Crippen LogP contribution in [0.1, 0.15) is 39.5 Å². The van der Waals surface area contributed by atoms with Gasteiger partial charge in [0.25, 0.3) is 0 Å². The maximum atomic E-state index is 6.20. The maximum absolute atomic E-state index is 6.20. The second-order valence-electron chi connectivity index (χ2n) is 5.64. The summed E-state index contributed by atoms with van der Waals surface area (Å²) in [7, 11) is 0. The third-order valence-corrected chi connectivity index (χ3v) is 4.50.